The molecular formula is C21H23F3N2O2. The Morgan fingerprint density at radius 2 is 1.68 bits per heavy atom. The van der Waals surface area contributed by atoms with Gasteiger partial charge in [0, 0.05) is 37.8 Å². The molecule has 0 bridgehead atoms. The van der Waals surface area contributed by atoms with Gasteiger partial charge in [-0.25, -0.2) is 13.2 Å². The van der Waals surface area contributed by atoms with E-state index in [9.17, 15) is 18.0 Å². The standard InChI is InChI=1S/C21H23F3N2O2/c1-14-11-26(21(27)13-28-20-9-18(23)7-8-19(20)24)15(2)10-25(14)12-16-3-5-17(22)6-4-16/h3-9,14-15H,10-13H2,1-2H3/t14-,15+/m1/s1. The zero-order valence-corrected chi connectivity index (χ0v) is 15.9. The number of halogens is 3. The van der Waals surface area contributed by atoms with Crippen LogP contribution in [0, 0.1) is 17.5 Å². The minimum Gasteiger partial charge on any atom is -0.481 e. The summed E-state index contributed by atoms with van der Waals surface area (Å²) < 4.78 is 45.1. The maximum absolute atomic E-state index is 13.6. The molecule has 0 aliphatic carbocycles. The average Bonchev–Trinajstić information content (AvgIpc) is 2.66. The van der Waals surface area contributed by atoms with Gasteiger partial charge in [0.25, 0.3) is 5.91 Å². The van der Waals surface area contributed by atoms with Crippen LogP contribution in [0.1, 0.15) is 19.4 Å². The molecule has 0 spiro atoms. The van der Waals surface area contributed by atoms with E-state index < -0.39 is 11.6 Å². The zero-order valence-electron chi connectivity index (χ0n) is 15.9. The van der Waals surface area contributed by atoms with Crippen LogP contribution in [0.5, 0.6) is 5.75 Å². The molecule has 2 aromatic rings. The first kappa shape index (κ1) is 20.2. The number of hydrogen-bond acceptors (Lipinski definition) is 3. The van der Waals surface area contributed by atoms with Crippen LogP contribution in [0.4, 0.5) is 13.2 Å². The third-order valence-corrected chi connectivity index (χ3v) is 4.98. The molecule has 0 saturated carbocycles. The van der Waals surface area contributed by atoms with Gasteiger partial charge in [-0.3, -0.25) is 9.69 Å². The van der Waals surface area contributed by atoms with E-state index in [0.29, 0.717) is 19.6 Å². The summed E-state index contributed by atoms with van der Waals surface area (Å²) >= 11 is 0. The molecule has 1 heterocycles. The van der Waals surface area contributed by atoms with Crippen LogP contribution in [0.15, 0.2) is 42.5 Å². The van der Waals surface area contributed by atoms with Crippen molar-refractivity contribution in [2.45, 2.75) is 32.5 Å². The van der Waals surface area contributed by atoms with Crippen molar-refractivity contribution in [3.05, 3.63) is 65.5 Å². The van der Waals surface area contributed by atoms with Crippen LogP contribution in [0.2, 0.25) is 0 Å². The molecule has 0 N–H and O–H groups in total. The molecule has 0 aromatic heterocycles. The van der Waals surface area contributed by atoms with E-state index in [1.807, 2.05) is 13.8 Å². The summed E-state index contributed by atoms with van der Waals surface area (Å²) in [7, 11) is 0. The van der Waals surface area contributed by atoms with E-state index in [0.717, 1.165) is 23.8 Å². The highest BCUT2D eigenvalue weighted by molar-refractivity contribution is 5.78. The predicted molar refractivity (Wildman–Crippen MR) is 99.3 cm³/mol. The average molecular weight is 392 g/mol. The van der Waals surface area contributed by atoms with Crippen molar-refractivity contribution >= 4 is 5.91 Å². The molecule has 1 fully saturated rings. The number of benzene rings is 2. The molecule has 2 aromatic carbocycles. The van der Waals surface area contributed by atoms with Crippen molar-refractivity contribution in [1.82, 2.24) is 9.80 Å². The summed E-state index contributed by atoms with van der Waals surface area (Å²) in [4.78, 5) is 16.5. The van der Waals surface area contributed by atoms with Crippen molar-refractivity contribution in [2.75, 3.05) is 19.7 Å². The van der Waals surface area contributed by atoms with Gasteiger partial charge in [0.2, 0.25) is 0 Å². The molecule has 1 aliphatic rings. The molecule has 4 nitrogen and oxygen atoms in total. The Hall–Kier alpha value is -2.54. The van der Waals surface area contributed by atoms with Gasteiger partial charge in [0.05, 0.1) is 0 Å². The second kappa shape index (κ2) is 8.65. The lowest BCUT2D eigenvalue weighted by Gasteiger charge is -2.44. The number of hydrogen-bond donors (Lipinski definition) is 0. The predicted octanol–water partition coefficient (Wildman–Crippen LogP) is 3.60. The maximum Gasteiger partial charge on any atom is 0.260 e. The highest BCUT2D eigenvalue weighted by atomic mass is 19.1. The lowest BCUT2D eigenvalue weighted by molar-refractivity contribution is -0.139. The fourth-order valence-electron chi connectivity index (χ4n) is 3.40. The van der Waals surface area contributed by atoms with Crippen molar-refractivity contribution in [3.63, 3.8) is 0 Å². The highest BCUT2D eigenvalue weighted by Crippen LogP contribution is 2.21. The van der Waals surface area contributed by atoms with Crippen molar-refractivity contribution < 1.29 is 22.7 Å². The van der Waals surface area contributed by atoms with E-state index in [-0.39, 0.29) is 36.2 Å². The Labute approximate surface area is 162 Å². The first-order valence-corrected chi connectivity index (χ1v) is 9.19. The van der Waals surface area contributed by atoms with Gasteiger partial charge in [0.15, 0.2) is 18.2 Å². The van der Waals surface area contributed by atoms with E-state index in [2.05, 4.69) is 4.90 Å². The van der Waals surface area contributed by atoms with Crippen LogP contribution in [-0.2, 0) is 11.3 Å². The molecule has 2 atom stereocenters. The Morgan fingerprint density at radius 1 is 1.00 bits per heavy atom. The molecule has 3 rings (SSSR count). The third kappa shape index (κ3) is 4.84. The Morgan fingerprint density at radius 3 is 2.39 bits per heavy atom. The minimum atomic E-state index is -0.709. The van der Waals surface area contributed by atoms with Gasteiger partial charge in [0.1, 0.15) is 11.6 Å². The lowest BCUT2D eigenvalue weighted by atomic mass is 10.1. The summed E-state index contributed by atoms with van der Waals surface area (Å²) in [5, 5.41) is 0. The van der Waals surface area contributed by atoms with Crippen LogP contribution < -0.4 is 4.74 Å². The number of nitrogens with zero attached hydrogens (tertiary/aromatic N) is 2. The van der Waals surface area contributed by atoms with Crippen LogP contribution in [0.25, 0.3) is 0 Å². The van der Waals surface area contributed by atoms with E-state index in [1.165, 1.54) is 12.1 Å². The summed E-state index contributed by atoms with van der Waals surface area (Å²) in [5.74, 6) is -2.15. The zero-order chi connectivity index (χ0) is 20.3. The number of amides is 1. The number of piperazine rings is 1. The van der Waals surface area contributed by atoms with Crippen molar-refractivity contribution in [3.8, 4) is 5.75 Å². The Kier molecular flexibility index (Phi) is 6.24. The molecule has 1 saturated heterocycles. The number of carbonyl (C=O) groups is 1. The normalized spacial score (nSPS) is 20.2. The monoisotopic (exact) mass is 392 g/mol. The highest BCUT2D eigenvalue weighted by Gasteiger charge is 2.32. The van der Waals surface area contributed by atoms with Gasteiger partial charge < -0.3 is 9.64 Å². The first-order chi connectivity index (χ1) is 13.3. The van der Waals surface area contributed by atoms with Crippen molar-refractivity contribution in [1.29, 1.82) is 0 Å². The number of carbonyl (C=O) groups excluding carboxylic acids is 1. The van der Waals surface area contributed by atoms with Crippen LogP contribution in [-0.4, -0.2) is 47.5 Å². The van der Waals surface area contributed by atoms with Crippen LogP contribution >= 0.6 is 0 Å². The molecule has 150 valence electrons. The smallest absolute Gasteiger partial charge is 0.260 e. The van der Waals surface area contributed by atoms with Gasteiger partial charge in [-0.05, 0) is 43.7 Å². The topological polar surface area (TPSA) is 32.8 Å². The van der Waals surface area contributed by atoms with Gasteiger partial charge in [-0.2, -0.15) is 0 Å². The second-order valence-electron chi connectivity index (χ2n) is 7.16. The largest absolute Gasteiger partial charge is 0.481 e. The summed E-state index contributed by atoms with van der Waals surface area (Å²) in [6.07, 6.45) is 0. The SMILES string of the molecule is C[C@@H]1CN(C(=O)COc2cc(F)ccc2F)[C@@H](C)CN1Cc1ccc(F)cc1. The molecule has 0 unspecified atom stereocenters. The molecule has 0 radical (unpaired) electrons. The fourth-order valence-corrected chi connectivity index (χ4v) is 3.40. The van der Waals surface area contributed by atoms with E-state index >= 15 is 0 Å². The molecule has 7 heteroatoms. The van der Waals surface area contributed by atoms with E-state index in [1.54, 1.807) is 17.0 Å². The first-order valence-electron chi connectivity index (χ1n) is 9.19. The summed E-state index contributed by atoms with van der Waals surface area (Å²) in [5.41, 5.74) is 1.00. The third-order valence-electron chi connectivity index (χ3n) is 4.98. The number of ether oxygens (including phenoxy) is 1. The molecule has 28 heavy (non-hydrogen) atoms. The Balaban J connectivity index is 1.57. The van der Waals surface area contributed by atoms with Gasteiger partial charge in [-0.1, -0.05) is 12.1 Å². The van der Waals surface area contributed by atoms with Gasteiger partial charge >= 0.3 is 0 Å². The number of rotatable bonds is 5. The molecule has 1 aliphatic heterocycles. The molecule has 1 amide bonds. The molecular weight excluding hydrogens is 369 g/mol. The van der Waals surface area contributed by atoms with Gasteiger partial charge in [-0.15, -0.1) is 0 Å². The maximum atomic E-state index is 13.6. The van der Waals surface area contributed by atoms with E-state index in [4.69, 9.17) is 4.74 Å². The fraction of sp³-hybridized carbons (Fsp3) is 0.381. The Bertz CT molecular complexity index is 829. The van der Waals surface area contributed by atoms with Crippen molar-refractivity contribution in [2.24, 2.45) is 0 Å². The van der Waals surface area contributed by atoms with Crippen LogP contribution in [0.3, 0.4) is 0 Å². The second-order valence-corrected chi connectivity index (χ2v) is 7.16. The minimum absolute atomic E-state index is 0.0647. The summed E-state index contributed by atoms with van der Waals surface area (Å²) in [6, 6.07) is 9.30. The lowest BCUT2D eigenvalue weighted by Crippen LogP contribution is -2.58. The summed E-state index contributed by atoms with van der Waals surface area (Å²) in [6.45, 7) is 5.41. The quantitative estimate of drug-likeness (QED) is 0.780.